The van der Waals surface area contributed by atoms with Crippen molar-refractivity contribution in [3.05, 3.63) is 52.6 Å². The first-order chi connectivity index (χ1) is 15.4. The van der Waals surface area contributed by atoms with Crippen molar-refractivity contribution in [3.63, 3.8) is 0 Å². The second-order valence-electron chi connectivity index (χ2n) is 10.7. The van der Waals surface area contributed by atoms with Crippen molar-refractivity contribution >= 4 is 11.5 Å². The van der Waals surface area contributed by atoms with Crippen molar-refractivity contribution in [2.45, 2.75) is 69.8 Å². The highest BCUT2D eigenvalue weighted by atomic mass is 16.3. The molecule has 4 aliphatic rings. The van der Waals surface area contributed by atoms with Gasteiger partial charge in [0.25, 0.3) is 0 Å². The Kier molecular flexibility index (Phi) is 5.33. The van der Waals surface area contributed by atoms with Crippen LogP contribution in [-0.4, -0.2) is 30.6 Å². The Labute approximate surface area is 192 Å². The summed E-state index contributed by atoms with van der Waals surface area (Å²) in [5, 5.41) is 11.7. The molecule has 1 aromatic carbocycles. The van der Waals surface area contributed by atoms with E-state index in [4.69, 9.17) is 6.42 Å². The highest BCUT2D eigenvalue weighted by Gasteiger charge is 2.62. The Bertz CT molecular complexity index is 1020. The van der Waals surface area contributed by atoms with Crippen molar-refractivity contribution in [3.8, 4) is 12.3 Å². The third-order valence-electron chi connectivity index (χ3n) is 9.13. The van der Waals surface area contributed by atoms with Crippen LogP contribution in [0.15, 0.2) is 47.1 Å². The Morgan fingerprint density at radius 2 is 1.88 bits per heavy atom. The third kappa shape index (κ3) is 3.27. The fourth-order valence-electron chi connectivity index (χ4n) is 7.44. The molecule has 3 nitrogen and oxygen atoms in total. The van der Waals surface area contributed by atoms with E-state index in [9.17, 15) is 9.90 Å². The van der Waals surface area contributed by atoms with Crippen LogP contribution < -0.4 is 4.90 Å². The number of fused-ring (bicyclic) bond motifs is 4. The van der Waals surface area contributed by atoms with E-state index >= 15 is 0 Å². The second kappa shape index (κ2) is 7.92. The fraction of sp³-hybridized carbons (Fsp3) is 0.552. The molecule has 2 fully saturated rings. The minimum atomic E-state index is -1.00. The van der Waals surface area contributed by atoms with Gasteiger partial charge in [-0.05, 0) is 105 Å². The van der Waals surface area contributed by atoms with Gasteiger partial charge in [0, 0.05) is 31.6 Å². The van der Waals surface area contributed by atoms with E-state index in [2.05, 4.69) is 49.2 Å². The molecule has 5 rings (SSSR count). The van der Waals surface area contributed by atoms with E-state index in [1.54, 1.807) is 5.57 Å². The summed E-state index contributed by atoms with van der Waals surface area (Å²) in [6, 6.07) is 8.79. The monoisotopic (exact) mass is 429 g/mol. The lowest BCUT2D eigenvalue weighted by atomic mass is 9.53. The number of carbonyl (C=O) groups is 1. The summed E-state index contributed by atoms with van der Waals surface area (Å²) in [5.41, 5.74) is 5.68. The predicted molar refractivity (Wildman–Crippen MR) is 129 cm³/mol. The van der Waals surface area contributed by atoms with Gasteiger partial charge >= 0.3 is 0 Å². The smallest absolute Gasteiger partial charge is 0.156 e. The molecule has 3 heteroatoms. The first kappa shape index (κ1) is 21.5. The molecular weight excluding hydrogens is 394 g/mol. The normalized spacial score (nSPS) is 33.7. The minimum Gasteiger partial charge on any atom is -0.378 e. The summed E-state index contributed by atoms with van der Waals surface area (Å²) >= 11 is 0. The Morgan fingerprint density at radius 1 is 1.09 bits per heavy atom. The van der Waals surface area contributed by atoms with Gasteiger partial charge in [-0.1, -0.05) is 23.6 Å². The number of ketones is 1. The van der Waals surface area contributed by atoms with Crippen LogP contribution in [0.2, 0.25) is 0 Å². The summed E-state index contributed by atoms with van der Waals surface area (Å²) in [7, 11) is 4.12. The number of aliphatic hydroxyl groups is 1. The molecule has 0 saturated heterocycles. The average Bonchev–Trinajstić information content (AvgIpc) is 3.11. The fourth-order valence-corrected chi connectivity index (χ4v) is 7.44. The number of allylic oxidation sites excluding steroid dienone is 4. The van der Waals surface area contributed by atoms with Crippen LogP contribution in [0.5, 0.6) is 0 Å². The van der Waals surface area contributed by atoms with E-state index in [1.165, 1.54) is 22.4 Å². The predicted octanol–water partition coefficient (Wildman–Crippen LogP) is 5.24. The van der Waals surface area contributed by atoms with Gasteiger partial charge in [-0.15, -0.1) is 6.42 Å². The van der Waals surface area contributed by atoms with E-state index in [1.807, 2.05) is 6.08 Å². The quantitative estimate of drug-likeness (QED) is 0.666. The zero-order chi connectivity index (χ0) is 22.5. The van der Waals surface area contributed by atoms with Crippen molar-refractivity contribution in [2.24, 2.45) is 17.3 Å². The lowest BCUT2D eigenvalue weighted by Crippen LogP contribution is -2.51. The van der Waals surface area contributed by atoms with Crippen molar-refractivity contribution in [2.75, 3.05) is 19.0 Å². The molecule has 4 atom stereocenters. The molecule has 1 aromatic rings. The first-order valence-corrected chi connectivity index (χ1v) is 12.3. The molecule has 168 valence electrons. The molecule has 0 radical (unpaired) electrons. The summed E-state index contributed by atoms with van der Waals surface area (Å²) in [6.45, 7) is 0. The molecule has 32 heavy (non-hydrogen) atoms. The summed E-state index contributed by atoms with van der Waals surface area (Å²) < 4.78 is 0. The molecule has 2 saturated carbocycles. The second-order valence-corrected chi connectivity index (χ2v) is 10.7. The number of hydrogen-bond donors (Lipinski definition) is 1. The summed E-state index contributed by atoms with van der Waals surface area (Å²) in [4.78, 5) is 14.1. The van der Waals surface area contributed by atoms with E-state index < -0.39 is 5.60 Å². The molecule has 4 aliphatic carbocycles. The molecule has 0 amide bonds. The molecule has 0 unspecified atom stereocenters. The lowest BCUT2D eigenvalue weighted by molar-refractivity contribution is -0.114. The van der Waals surface area contributed by atoms with Crippen LogP contribution >= 0.6 is 0 Å². The Balaban J connectivity index is 1.45. The topological polar surface area (TPSA) is 40.5 Å². The van der Waals surface area contributed by atoms with Crippen LogP contribution in [0.1, 0.15) is 63.4 Å². The van der Waals surface area contributed by atoms with Crippen LogP contribution in [0.4, 0.5) is 5.69 Å². The van der Waals surface area contributed by atoms with Gasteiger partial charge in [0.2, 0.25) is 0 Å². The maximum atomic E-state index is 12.0. The number of nitrogens with zero attached hydrogens (tertiary/aromatic N) is 1. The van der Waals surface area contributed by atoms with Crippen LogP contribution in [0.25, 0.3) is 0 Å². The van der Waals surface area contributed by atoms with Crippen LogP contribution in [0.3, 0.4) is 0 Å². The molecule has 0 spiro atoms. The number of benzene rings is 1. The molecule has 1 N–H and O–H groups in total. The maximum Gasteiger partial charge on any atom is 0.156 e. The largest absolute Gasteiger partial charge is 0.378 e. The van der Waals surface area contributed by atoms with Gasteiger partial charge in [-0.3, -0.25) is 4.79 Å². The van der Waals surface area contributed by atoms with Gasteiger partial charge in [-0.2, -0.15) is 0 Å². The highest BCUT2D eigenvalue weighted by Crippen LogP contribution is 2.65. The minimum absolute atomic E-state index is 0.206. The van der Waals surface area contributed by atoms with Gasteiger partial charge in [0.05, 0.1) is 0 Å². The third-order valence-corrected chi connectivity index (χ3v) is 9.13. The summed E-state index contributed by atoms with van der Waals surface area (Å²) in [5.74, 6) is 4.12. The Morgan fingerprint density at radius 3 is 2.59 bits per heavy atom. The summed E-state index contributed by atoms with van der Waals surface area (Å²) in [6.07, 6.45) is 17.2. The molecule has 0 bridgehead atoms. The first-order valence-electron chi connectivity index (χ1n) is 12.3. The zero-order valence-corrected chi connectivity index (χ0v) is 19.5. The van der Waals surface area contributed by atoms with Gasteiger partial charge in [0.15, 0.2) is 5.78 Å². The van der Waals surface area contributed by atoms with Crippen LogP contribution in [-0.2, 0) is 11.2 Å². The molecule has 0 aromatic heterocycles. The number of terminal acetylenes is 1. The van der Waals surface area contributed by atoms with Crippen molar-refractivity contribution in [1.29, 1.82) is 0 Å². The van der Waals surface area contributed by atoms with Crippen LogP contribution in [0, 0.1) is 29.6 Å². The number of rotatable bonds is 4. The van der Waals surface area contributed by atoms with E-state index in [-0.39, 0.29) is 11.2 Å². The molecular formula is C29H35NO2. The number of aryl methyl sites for hydroxylation is 1. The highest BCUT2D eigenvalue weighted by molar-refractivity contribution is 5.93. The zero-order valence-electron chi connectivity index (χ0n) is 19.5. The van der Waals surface area contributed by atoms with Gasteiger partial charge in [0.1, 0.15) is 5.60 Å². The maximum absolute atomic E-state index is 12.0. The Hall–Kier alpha value is -2.31. The molecule has 0 heterocycles. The standard InChI is InChI=1S/C29H35NO2/c1-4-29(32)18-15-27-26-11-7-21-19-23(31)10-12-24(21)25(26)14-17-28(27,29)16-13-20-5-8-22(9-6-20)30(2)3/h1,5-6,8-9,19,26-27,32H,7,10-18H2,2-3H3/t26-,27+,28-,29-/m1/s1. The lowest BCUT2D eigenvalue weighted by Gasteiger charge is -2.52. The molecule has 0 aliphatic heterocycles. The average molecular weight is 430 g/mol. The van der Waals surface area contributed by atoms with Crippen molar-refractivity contribution in [1.82, 2.24) is 0 Å². The number of carbonyl (C=O) groups excluding carboxylic acids is 1. The van der Waals surface area contributed by atoms with E-state index in [0.29, 0.717) is 24.7 Å². The van der Waals surface area contributed by atoms with E-state index in [0.717, 1.165) is 51.4 Å². The van der Waals surface area contributed by atoms with Crippen molar-refractivity contribution < 1.29 is 9.90 Å². The number of anilines is 1. The SMILES string of the molecule is C#C[C@@]1(O)CC[C@H]2[C@@H]3CCC4=CC(=O)CCC4=C3CC[C@]21CCc1ccc(N(C)C)cc1. The number of hydrogen-bond acceptors (Lipinski definition) is 3. The van der Waals surface area contributed by atoms with Gasteiger partial charge < -0.3 is 10.0 Å². The van der Waals surface area contributed by atoms with Gasteiger partial charge in [-0.25, -0.2) is 0 Å².